The van der Waals surface area contributed by atoms with Gasteiger partial charge in [0.2, 0.25) is 5.91 Å². The van der Waals surface area contributed by atoms with E-state index in [-0.39, 0.29) is 18.9 Å². The fourth-order valence-electron chi connectivity index (χ4n) is 1.70. The second kappa shape index (κ2) is 7.63. The Morgan fingerprint density at radius 2 is 2.00 bits per heavy atom. The second-order valence-electron chi connectivity index (χ2n) is 4.68. The maximum atomic E-state index is 11.8. The molecule has 21 heavy (non-hydrogen) atoms. The lowest BCUT2D eigenvalue weighted by Gasteiger charge is -2.17. The highest BCUT2D eigenvalue weighted by molar-refractivity contribution is 7.12. The number of primary amides is 1. The molecular formula is C13H19N3O4S. The molecule has 1 rings (SSSR count). The summed E-state index contributed by atoms with van der Waals surface area (Å²) in [4.78, 5) is 35.6. The summed E-state index contributed by atoms with van der Waals surface area (Å²) in [5.41, 5.74) is 4.97. The molecule has 0 aliphatic carbocycles. The average molecular weight is 313 g/mol. The topological polar surface area (TPSA) is 122 Å². The van der Waals surface area contributed by atoms with Crippen LogP contribution in [0.1, 0.15) is 35.6 Å². The van der Waals surface area contributed by atoms with Crippen LogP contribution in [0.2, 0.25) is 0 Å². The summed E-state index contributed by atoms with van der Waals surface area (Å²) in [6.45, 7) is 3.77. The van der Waals surface area contributed by atoms with Gasteiger partial charge < -0.3 is 21.5 Å². The van der Waals surface area contributed by atoms with E-state index in [9.17, 15) is 14.4 Å². The molecule has 0 aliphatic heterocycles. The van der Waals surface area contributed by atoms with Gasteiger partial charge in [0, 0.05) is 16.2 Å². The third kappa shape index (κ3) is 5.82. The predicted octanol–water partition coefficient (Wildman–Crippen LogP) is 1.14. The van der Waals surface area contributed by atoms with E-state index in [2.05, 4.69) is 10.6 Å². The molecule has 116 valence electrons. The molecule has 5 N–H and O–H groups in total. The van der Waals surface area contributed by atoms with E-state index in [0.717, 1.165) is 9.75 Å². The molecule has 0 bridgehead atoms. The van der Waals surface area contributed by atoms with Crippen molar-refractivity contribution in [1.82, 2.24) is 10.6 Å². The first kappa shape index (κ1) is 17.0. The number of nitrogens with two attached hydrogens (primary N) is 1. The highest BCUT2D eigenvalue weighted by Gasteiger charge is 2.21. The Balaban J connectivity index is 2.53. The molecule has 0 radical (unpaired) electrons. The second-order valence-corrected chi connectivity index (χ2v) is 6.00. The minimum atomic E-state index is -1.20. The Morgan fingerprint density at radius 3 is 2.48 bits per heavy atom. The summed E-state index contributed by atoms with van der Waals surface area (Å²) in [5.74, 6) is -1.81. The van der Waals surface area contributed by atoms with Crippen LogP contribution in [0, 0.1) is 6.92 Å². The van der Waals surface area contributed by atoms with Crippen LogP contribution in [-0.4, -0.2) is 29.1 Å². The van der Waals surface area contributed by atoms with E-state index in [1.807, 2.05) is 26.0 Å². The highest BCUT2D eigenvalue weighted by atomic mass is 32.1. The monoisotopic (exact) mass is 313 g/mol. The van der Waals surface area contributed by atoms with Crippen LogP contribution in [0.4, 0.5) is 4.79 Å². The van der Waals surface area contributed by atoms with Crippen molar-refractivity contribution in [1.29, 1.82) is 0 Å². The summed E-state index contributed by atoms with van der Waals surface area (Å²) in [5, 5.41) is 14.0. The highest BCUT2D eigenvalue weighted by Crippen LogP contribution is 2.22. The van der Waals surface area contributed by atoms with Crippen molar-refractivity contribution in [2.75, 3.05) is 0 Å². The van der Waals surface area contributed by atoms with Crippen molar-refractivity contribution < 1.29 is 19.5 Å². The smallest absolute Gasteiger partial charge is 0.326 e. The van der Waals surface area contributed by atoms with Crippen molar-refractivity contribution in [2.45, 2.75) is 38.8 Å². The molecule has 1 aromatic heterocycles. The van der Waals surface area contributed by atoms with Gasteiger partial charge in [-0.3, -0.25) is 4.79 Å². The molecule has 1 unspecified atom stereocenters. The van der Waals surface area contributed by atoms with Crippen LogP contribution in [-0.2, 0) is 9.59 Å². The number of carboxylic acid groups (broad SMARTS) is 1. The quantitative estimate of drug-likeness (QED) is 0.603. The number of hydrogen-bond donors (Lipinski definition) is 4. The molecule has 0 saturated heterocycles. The van der Waals surface area contributed by atoms with Gasteiger partial charge in [0.05, 0.1) is 6.04 Å². The predicted molar refractivity (Wildman–Crippen MR) is 79.0 cm³/mol. The van der Waals surface area contributed by atoms with Gasteiger partial charge >= 0.3 is 12.0 Å². The first-order chi connectivity index (χ1) is 9.79. The minimum absolute atomic E-state index is 0.0371. The van der Waals surface area contributed by atoms with Gasteiger partial charge in [0.25, 0.3) is 0 Å². The first-order valence-corrected chi connectivity index (χ1v) is 7.25. The number of carbonyl (C=O) groups is 3. The van der Waals surface area contributed by atoms with E-state index < -0.39 is 23.9 Å². The van der Waals surface area contributed by atoms with Gasteiger partial charge in [-0.05, 0) is 32.4 Å². The normalized spacial score (nSPS) is 13.2. The lowest BCUT2D eigenvalue weighted by Crippen LogP contribution is -2.46. The van der Waals surface area contributed by atoms with Crippen molar-refractivity contribution in [3.8, 4) is 0 Å². The summed E-state index contributed by atoms with van der Waals surface area (Å²) < 4.78 is 0. The van der Waals surface area contributed by atoms with Gasteiger partial charge in [-0.25, -0.2) is 9.59 Å². The number of nitrogens with one attached hydrogen (secondary N) is 2. The van der Waals surface area contributed by atoms with Gasteiger partial charge in [0.1, 0.15) is 6.04 Å². The molecule has 2 atom stereocenters. The number of carbonyl (C=O) groups excluding carboxylic acids is 2. The Bertz CT molecular complexity index is 529. The van der Waals surface area contributed by atoms with Gasteiger partial charge in [-0.2, -0.15) is 0 Å². The molecule has 3 amide bonds. The number of aliphatic carboxylic acids is 1. The van der Waals surface area contributed by atoms with Crippen LogP contribution < -0.4 is 16.4 Å². The molecule has 0 fully saturated rings. The summed E-state index contributed by atoms with van der Waals surface area (Å²) >= 11 is 1.56. The maximum Gasteiger partial charge on any atom is 0.326 e. The molecule has 7 nitrogen and oxygen atoms in total. The van der Waals surface area contributed by atoms with Crippen LogP contribution in [0.5, 0.6) is 0 Å². The fraction of sp³-hybridized carbons (Fsp3) is 0.462. The van der Waals surface area contributed by atoms with Crippen molar-refractivity contribution in [3.63, 3.8) is 0 Å². The average Bonchev–Trinajstić information content (AvgIpc) is 2.80. The van der Waals surface area contributed by atoms with E-state index in [1.54, 1.807) is 11.3 Å². The molecule has 0 saturated carbocycles. The van der Waals surface area contributed by atoms with Gasteiger partial charge in [0.15, 0.2) is 0 Å². The third-order valence-electron chi connectivity index (χ3n) is 2.82. The Kier molecular flexibility index (Phi) is 6.16. The number of carboxylic acids is 1. The van der Waals surface area contributed by atoms with Crippen molar-refractivity contribution in [3.05, 3.63) is 21.9 Å². The number of aryl methyl sites for hydroxylation is 1. The third-order valence-corrected chi connectivity index (χ3v) is 4.00. The van der Waals surface area contributed by atoms with E-state index in [4.69, 9.17) is 10.8 Å². The number of rotatable bonds is 7. The van der Waals surface area contributed by atoms with Crippen LogP contribution >= 0.6 is 11.3 Å². The van der Waals surface area contributed by atoms with Crippen molar-refractivity contribution >= 4 is 29.2 Å². The zero-order valence-electron chi connectivity index (χ0n) is 11.9. The van der Waals surface area contributed by atoms with Crippen LogP contribution in [0.15, 0.2) is 12.1 Å². The lowest BCUT2D eigenvalue weighted by atomic mass is 10.1. The van der Waals surface area contributed by atoms with Crippen LogP contribution in [0.3, 0.4) is 0 Å². The zero-order valence-corrected chi connectivity index (χ0v) is 12.7. The molecule has 0 aromatic carbocycles. The largest absolute Gasteiger partial charge is 0.480 e. The minimum Gasteiger partial charge on any atom is -0.480 e. The fourth-order valence-corrected chi connectivity index (χ4v) is 2.58. The number of thiophene rings is 1. The molecular weight excluding hydrogens is 294 g/mol. The molecule has 1 aromatic rings. The molecule has 0 spiro atoms. The van der Waals surface area contributed by atoms with Gasteiger partial charge in [-0.1, -0.05) is 0 Å². The number of urea groups is 1. The maximum absolute atomic E-state index is 11.8. The Labute approximate surface area is 126 Å². The number of amides is 3. The molecule has 8 heteroatoms. The first-order valence-electron chi connectivity index (χ1n) is 6.44. The summed E-state index contributed by atoms with van der Waals surface area (Å²) in [6.07, 6.45) is -0.137. The molecule has 1 heterocycles. The SMILES string of the molecule is Cc1ccc(C(C)NC(=O)N[C@H](CCC(N)=O)C(=O)O)s1. The lowest BCUT2D eigenvalue weighted by molar-refractivity contribution is -0.139. The van der Waals surface area contributed by atoms with E-state index in [0.29, 0.717) is 0 Å². The van der Waals surface area contributed by atoms with Crippen LogP contribution in [0.25, 0.3) is 0 Å². The summed E-state index contributed by atoms with van der Waals surface area (Å²) in [6, 6.07) is 1.89. The van der Waals surface area contributed by atoms with Crippen molar-refractivity contribution in [2.24, 2.45) is 5.73 Å². The summed E-state index contributed by atoms with van der Waals surface area (Å²) in [7, 11) is 0. The Morgan fingerprint density at radius 1 is 1.33 bits per heavy atom. The van der Waals surface area contributed by atoms with E-state index >= 15 is 0 Å². The van der Waals surface area contributed by atoms with E-state index in [1.165, 1.54) is 0 Å². The molecule has 0 aliphatic rings. The Hall–Kier alpha value is -2.09. The van der Waals surface area contributed by atoms with Gasteiger partial charge in [-0.15, -0.1) is 11.3 Å². The standard InChI is InChI=1S/C13H19N3O4S/c1-7-3-5-10(21-7)8(2)15-13(20)16-9(12(18)19)4-6-11(14)17/h3,5,8-9H,4,6H2,1-2H3,(H2,14,17)(H,18,19)(H2,15,16,20)/t8?,9-/m1/s1. The zero-order chi connectivity index (χ0) is 16.0. The number of hydrogen-bond acceptors (Lipinski definition) is 4.